The van der Waals surface area contributed by atoms with Crippen molar-refractivity contribution in [2.75, 3.05) is 6.61 Å². The molecule has 4 aromatic rings. The molecule has 0 aliphatic heterocycles. The number of hydrogen-bond donors (Lipinski definition) is 0. The SMILES string of the molecule is C/C=C(/C)C(=C(C)C)c1c(Cl)ccc2c(CCCOc3cccc4cc(F)ccc34)c(C(=O)OC(C)(C)C)n(CCC)c12. The highest BCUT2D eigenvalue weighted by molar-refractivity contribution is 6.34. The second-order valence-electron chi connectivity index (χ2n) is 12.2. The van der Waals surface area contributed by atoms with Gasteiger partial charge >= 0.3 is 5.97 Å². The Morgan fingerprint density at radius 3 is 2.42 bits per heavy atom. The summed E-state index contributed by atoms with van der Waals surface area (Å²) in [6.07, 6.45) is 4.21. The first-order chi connectivity index (χ1) is 20.4. The van der Waals surface area contributed by atoms with Crippen LogP contribution in [0.4, 0.5) is 4.39 Å². The van der Waals surface area contributed by atoms with Gasteiger partial charge in [-0.3, -0.25) is 0 Å². The van der Waals surface area contributed by atoms with Crippen LogP contribution in [0, 0.1) is 5.82 Å². The summed E-state index contributed by atoms with van der Waals surface area (Å²) < 4.78 is 28.1. The minimum atomic E-state index is -0.647. The van der Waals surface area contributed by atoms with E-state index in [4.69, 9.17) is 21.1 Å². The quantitative estimate of drug-likeness (QED) is 0.103. The highest BCUT2D eigenvalue weighted by atomic mass is 35.5. The summed E-state index contributed by atoms with van der Waals surface area (Å²) in [5.74, 6) is 0.0956. The van der Waals surface area contributed by atoms with Crippen molar-refractivity contribution >= 4 is 44.8 Å². The molecule has 43 heavy (non-hydrogen) atoms. The van der Waals surface area contributed by atoms with Crippen LogP contribution in [0.25, 0.3) is 27.2 Å². The van der Waals surface area contributed by atoms with Gasteiger partial charge in [-0.1, -0.05) is 48.4 Å². The molecule has 1 aromatic heterocycles. The number of hydrogen-bond acceptors (Lipinski definition) is 3. The Balaban J connectivity index is 1.83. The molecule has 0 amide bonds. The first-order valence-electron chi connectivity index (χ1n) is 15.1. The average Bonchev–Trinajstić information content (AvgIpc) is 3.24. The highest BCUT2D eigenvalue weighted by Crippen LogP contribution is 2.41. The van der Waals surface area contributed by atoms with Gasteiger partial charge in [0.05, 0.1) is 17.1 Å². The Labute approximate surface area is 260 Å². The van der Waals surface area contributed by atoms with Gasteiger partial charge in [-0.05, 0) is 120 Å². The van der Waals surface area contributed by atoms with E-state index in [-0.39, 0.29) is 11.8 Å². The third-order valence-corrected chi connectivity index (χ3v) is 7.84. The number of carbonyl (C=O) groups is 1. The minimum absolute atomic E-state index is 0.275. The number of aryl methyl sites for hydroxylation is 2. The molecule has 0 bridgehead atoms. The number of aromatic nitrogens is 1. The van der Waals surface area contributed by atoms with Gasteiger partial charge in [0.1, 0.15) is 22.9 Å². The van der Waals surface area contributed by atoms with Crippen LogP contribution in [0.5, 0.6) is 5.75 Å². The molecule has 6 heteroatoms. The van der Waals surface area contributed by atoms with Gasteiger partial charge in [-0.15, -0.1) is 0 Å². The van der Waals surface area contributed by atoms with Crippen molar-refractivity contribution in [2.24, 2.45) is 0 Å². The second-order valence-corrected chi connectivity index (χ2v) is 12.6. The number of carbonyl (C=O) groups excluding carboxylic acids is 1. The lowest BCUT2D eigenvalue weighted by Gasteiger charge is -2.21. The Bertz CT molecular complexity index is 1720. The number of halogens is 2. The van der Waals surface area contributed by atoms with Crippen molar-refractivity contribution in [1.82, 2.24) is 4.57 Å². The van der Waals surface area contributed by atoms with E-state index in [1.807, 2.05) is 58.0 Å². The van der Waals surface area contributed by atoms with Crippen LogP contribution in [0.2, 0.25) is 5.02 Å². The fraction of sp³-hybridized carbons (Fsp3) is 0.378. The van der Waals surface area contributed by atoms with Crippen LogP contribution in [-0.2, 0) is 17.7 Å². The molecule has 0 aliphatic carbocycles. The van der Waals surface area contributed by atoms with Crippen LogP contribution in [-0.4, -0.2) is 22.7 Å². The molecule has 4 nitrogen and oxygen atoms in total. The third-order valence-electron chi connectivity index (χ3n) is 7.53. The van der Waals surface area contributed by atoms with Gasteiger partial charge < -0.3 is 14.0 Å². The Morgan fingerprint density at radius 2 is 1.77 bits per heavy atom. The van der Waals surface area contributed by atoms with Crippen LogP contribution in [0.1, 0.15) is 89.8 Å². The number of rotatable bonds is 10. The zero-order valence-corrected chi connectivity index (χ0v) is 27.4. The van der Waals surface area contributed by atoms with E-state index in [9.17, 15) is 9.18 Å². The molecule has 228 valence electrons. The topological polar surface area (TPSA) is 40.5 Å². The van der Waals surface area contributed by atoms with Crippen molar-refractivity contribution < 1.29 is 18.7 Å². The van der Waals surface area contributed by atoms with Crippen LogP contribution >= 0.6 is 11.6 Å². The van der Waals surface area contributed by atoms with E-state index in [1.54, 1.807) is 6.07 Å². The van der Waals surface area contributed by atoms with E-state index < -0.39 is 5.60 Å². The minimum Gasteiger partial charge on any atom is -0.493 e. The first kappa shape index (κ1) is 32.3. The van der Waals surface area contributed by atoms with Gasteiger partial charge in [-0.25, -0.2) is 9.18 Å². The molecule has 0 atom stereocenters. The van der Waals surface area contributed by atoms with Crippen molar-refractivity contribution in [3.8, 4) is 5.75 Å². The normalized spacial score (nSPS) is 12.2. The van der Waals surface area contributed by atoms with Crippen LogP contribution < -0.4 is 4.74 Å². The monoisotopic (exact) mass is 603 g/mol. The summed E-state index contributed by atoms with van der Waals surface area (Å²) in [4.78, 5) is 13.9. The molecule has 0 fully saturated rings. The zero-order chi connectivity index (χ0) is 31.5. The Hall–Kier alpha value is -3.57. The number of ether oxygens (including phenoxy) is 2. The molecule has 0 aliphatic rings. The van der Waals surface area contributed by atoms with Crippen molar-refractivity contribution in [3.63, 3.8) is 0 Å². The predicted octanol–water partition coefficient (Wildman–Crippen LogP) is 10.7. The number of nitrogens with zero attached hydrogens (tertiary/aromatic N) is 1. The van der Waals surface area contributed by atoms with Gasteiger partial charge in [-0.2, -0.15) is 0 Å². The Kier molecular flexibility index (Phi) is 10.1. The predicted molar refractivity (Wildman–Crippen MR) is 178 cm³/mol. The lowest BCUT2D eigenvalue weighted by molar-refractivity contribution is 0.00567. The maximum Gasteiger partial charge on any atom is 0.355 e. The molecule has 0 radical (unpaired) electrons. The summed E-state index contributed by atoms with van der Waals surface area (Å²) in [6, 6.07) is 14.3. The standard InChI is InChI=1S/C37H43ClFNO3/c1-9-20-40-34-29(18-19-30(38)33(34)32(23(3)4)24(5)10-2)28(35(40)36(41)43-37(6,7)8)14-12-21-42-31-15-11-13-25-22-26(39)16-17-27(25)31/h10-11,13,15-19,22H,9,12,14,20-21H2,1-8H3/b24-10-. The van der Waals surface area contributed by atoms with Gasteiger partial charge in [0, 0.05) is 22.9 Å². The van der Waals surface area contributed by atoms with E-state index in [2.05, 4.69) is 38.3 Å². The molecule has 0 saturated heterocycles. The lowest BCUT2D eigenvalue weighted by atomic mass is 9.92. The van der Waals surface area contributed by atoms with Crippen molar-refractivity contribution in [2.45, 2.75) is 86.8 Å². The number of benzene rings is 3. The van der Waals surface area contributed by atoms with Crippen LogP contribution in [0.3, 0.4) is 0 Å². The van der Waals surface area contributed by atoms with Gasteiger partial charge in [0.25, 0.3) is 0 Å². The fourth-order valence-corrected chi connectivity index (χ4v) is 6.01. The molecule has 0 unspecified atom stereocenters. The lowest BCUT2D eigenvalue weighted by Crippen LogP contribution is -2.26. The maximum absolute atomic E-state index is 13.9. The van der Waals surface area contributed by atoms with E-state index >= 15 is 0 Å². The molecular weight excluding hydrogens is 561 g/mol. The molecule has 0 spiro atoms. The third kappa shape index (κ3) is 6.99. The summed E-state index contributed by atoms with van der Waals surface area (Å²) >= 11 is 6.98. The molecule has 4 rings (SSSR count). The van der Waals surface area contributed by atoms with Crippen molar-refractivity contribution in [1.29, 1.82) is 0 Å². The van der Waals surface area contributed by atoms with Gasteiger partial charge in [0.15, 0.2) is 0 Å². The smallest absolute Gasteiger partial charge is 0.355 e. The zero-order valence-electron chi connectivity index (χ0n) is 26.7. The highest BCUT2D eigenvalue weighted by Gasteiger charge is 2.29. The summed E-state index contributed by atoms with van der Waals surface area (Å²) in [6.45, 7) is 17.2. The van der Waals surface area contributed by atoms with E-state index in [0.717, 1.165) is 55.9 Å². The summed E-state index contributed by atoms with van der Waals surface area (Å²) in [7, 11) is 0. The molecule has 0 N–H and O–H groups in total. The first-order valence-corrected chi connectivity index (χ1v) is 15.4. The van der Waals surface area contributed by atoms with Gasteiger partial charge in [0.2, 0.25) is 0 Å². The number of fused-ring (bicyclic) bond motifs is 2. The molecule has 1 heterocycles. The second kappa shape index (κ2) is 13.4. The summed E-state index contributed by atoms with van der Waals surface area (Å²) in [5.41, 5.74) is 6.13. The fourth-order valence-electron chi connectivity index (χ4n) is 5.76. The molecular formula is C37H43ClFNO3. The summed E-state index contributed by atoms with van der Waals surface area (Å²) in [5, 5.41) is 3.31. The van der Waals surface area contributed by atoms with E-state index in [1.165, 1.54) is 12.1 Å². The maximum atomic E-state index is 13.9. The molecule has 3 aromatic carbocycles. The number of allylic oxidation sites excluding steroid dienone is 4. The number of esters is 1. The Morgan fingerprint density at radius 1 is 1.05 bits per heavy atom. The van der Waals surface area contributed by atoms with Crippen LogP contribution in [0.15, 0.2) is 65.8 Å². The van der Waals surface area contributed by atoms with Crippen molar-refractivity contribution in [3.05, 3.63) is 93.4 Å². The largest absolute Gasteiger partial charge is 0.493 e. The average molecular weight is 604 g/mol. The molecule has 0 saturated carbocycles. The van der Waals surface area contributed by atoms with E-state index in [0.29, 0.717) is 42.5 Å².